The van der Waals surface area contributed by atoms with Crippen LogP contribution in [0.4, 0.5) is 13.6 Å². The SMILES string of the molecule is CC(C)(C)OC(=O)NC1CCN(C(=O)C(F)F)C1. The first-order valence-electron chi connectivity index (χ1n) is 5.75. The highest BCUT2D eigenvalue weighted by atomic mass is 19.3. The van der Waals surface area contributed by atoms with E-state index in [0.717, 1.165) is 4.90 Å². The molecule has 18 heavy (non-hydrogen) atoms. The molecule has 0 aromatic heterocycles. The van der Waals surface area contributed by atoms with E-state index in [1.165, 1.54) is 0 Å². The van der Waals surface area contributed by atoms with Crippen LogP contribution >= 0.6 is 0 Å². The van der Waals surface area contributed by atoms with Crippen molar-refractivity contribution < 1.29 is 23.1 Å². The van der Waals surface area contributed by atoms with Crippen LogP contribution in [0, 0.1) is 0 Å². The first kappa shape index (κ1) is 14.7. The third kappa shape index (κ3) is 4.46. The maximum absolute atomic E-state index is 12.2. The first-order chi connectivity index (χ1) is 8.19. The van der Waals surface area contributed by atoms with Crippen LogP contribution < -0.4 is 5.32 Å². The average molecular weight is 264 g/mol. The topological polar surface area (TPSA) is 58.6 Å². The van der Waals surface area contributed by atoms with Crippen molar-refractivity contribution in [3.05, 3.63) is 0 Å². The Balaban J connectivity index is 2.39. The van der Waals surface area contributed by atoms with E-state index in [1.807, 2.05) is 0 Å². The lowest BCUT2D eigenvalue weighted by molar-refractivity contribution is -0.141. The summed E-state index contributed by atoms with van der Waals surface area (Å²) in [5.41, 5.74) is -0.610. The molecule has 0 spiro atoms. The molecule has 1 atom stereocenters. The smallest absolute Gasteiger partial charge is 0.407 e. The van der Waals surface area contributed by atoms with Gasteiger partial charge in [-0.1, -0.05) is 0 Å². The number of hydrogen-bond acceptors (Lipinski definition) is 3. The van der Waals surface area contributed by atoms with Gasteiger partial charge in [-0.15, -0.1) is 0 Å². The van der Waals surface area contributed by atoms with Gasteiger partial charge >= 0.3 is 12.5 Å². The fourth-order valence-corrected chi connectivity index (χ4v) is 1.69. The van der Waals surface area contributed by atoms with Gasteiger partial charge in [0.25, 0.3) is 5.91 Å². The zero-order chi connectivity index (χ0) is 13.9. The number of likely N-dealkylation sites (tertiary alicyclic amines) is 1. The summed E-state index contributed by atoms with van der Waals surface area (Å²) >= 11 is 0. The number of nitrogens with one attached hydrogen (secondary N) is 1. The molecule has 1 N–H and O–H groups in total. The van der Waals surface area contributed by atoms with Crippen molar-refractivity contribution >= 4 is 12.0 Å². The zero-order valence-corrected chi connectivity index (χ0v) is 10.7. The van der Waals surface area contributed by atoms with E-state index in [2.05, 4.69) is 5.32 Å². The second-order valence-electron chi connectivity index (χ2n) is 5.22. The van der Waals surface area contributed by atoms with Crippen LogP contribution in [-0.4, -0.2) is 48.1 Å². The van der Waals surface area contributed by atoms with Gasteiger partial charge in [0.2, 0.25) is 0 Å². The molecule has 0 saturated carbocycles. The minimum absolute atomic E-state index is 0.0996. The number of amides is 2. The van der Waals surface area contributed by atoms with Crippen molar-refractivity contribution in [3.63, 3.8) is 0 Å². The number of hydrogen-bond donors (Lipinski definition) is 1. The van der Waals surface area contributed by atoms with Gasteiger partial charge in [-0.05, 0) is 27.2 Å². The van der Waals surface area contributed by atoms with E-state index in [0.29, 0.717) is 6.42 Å². The zero-order valence-electron chi connectivity index (χ0n) is 10.7. The number of alkyl carbamates (subject to hydrolysis) is 1. The normalized spacial score (nSPS) is 20.1. The molecule has 0 aliphatic carbocycles. The van der Waals surface area contributed by atoms with Crippen LogP contribution in [0.25, 0.3) is 0 Å². The van der Waals surface area contributed by atoms with Crippen LogP contribution in [0.1, 0.15) is 27.2 Å². The quantitative estimate of drug-likeness (QED) is 0.819. The lowest BCUT2D eigenvalue weighted by Crippen LogP contribution is -2.42. The van der Waals surface area contributed by atoms with Crippen molar-refractivity contribution in [1.29, 1.82) is 0 Å². The van der Waals surface area contributed by atoms with Gasteiger partial charge in [-0.3, -0.25) is 4.79 Å². The van der Waals surface area contributed by atoms with Gasteiger partial charge in [0, 0.05) is 13.1 Å². The maximum Gasteiger partial charge on any atom is 0.407 e. The third-order valence-corrected chi connectivity index (χ3v) is 2.41. The Morgan fingerprint density at radius 2 is 2.00 bits per heavy atom. The van der Waals surface area contributed by atoms with Crippen LogP contribution in [0.5, 0.6) is 0 Å². The van der Waals surface area contributed by atoms with E-state index in [-0.39, 0.29) is 19.1 Å². The average Bonchev–Trinajstić information content (AvgIpc) is 2.61. The van der Waals surface area contributed by atoms with Gasteiger partial charge in [0.05, 0.1) is 6.04 Å². The number of carbonyl (C=O) groups is 2. The van der Waals surface area contributed by atoms with Gasteiger partial charge in [0.15, 0.2) is 0 Å². The highest BCUT2D eigenvalue weighted by molar-refractivity contribution is 5.79. The molecule has 104 valence electrons. The summed E-state index contributed by atoms with van der Waals surface area (Å²) in [5, 5.41) is 2.56. The second-order valence-corrected chi connectivity index (χ2v) is 5.22. The summed E-state index contributed by atoms with van der Waals surface area (Å²) in [6.07, 6.45) is -3.14. The lowest BCUT2D eigenvalue weighted by Gasteiger charge is -2.22. The predicted octanol–water partition coefficient (Wildman–Crippen LogP) is 1.38. The number of alkyl halides is 2. The van der Waals surface area contributed by atoms with Crippen molar-refractivity contribution in [2.75, 3.05) is 13.1 Å². The Morgan fingerprint density at radius 3 is 2.50 bits per heavy atom. The number of carbonyl (C=O) groups excluding carboxylic acids is 2. The molecule has 1 rings (SSSR count). The standard InChI is InChI=1S/C11H18F2N2O3/c1-11(2,3)18-10(17)14-7-4-5-15(6-7)9(16)8(12)13/h7-8H,4-6H2,1-3H3,(H,14,17). The fourth-order valence-electron chi connectivity index (χ4n) is 1.69. The number of rotatable bonds is 2. The maximum atomic E-state index is 12.2. The highest BCUT2D eigenvalue weighted by Crippen LogP contribution is 2.13. The van der Waals surface area contributed by atoms with Crippen molar-refractivity contribution in [3.8, 4) is 0 Å². The largest absolute Gasteiger partial charge is 0.444 e. The Kier molecular flexibility index (Phi) is 4.48. The number of nitrogens with zero attached hydrogens (tertiary/aromatic N) is 1. The van der Waals surface area contributed by atoms with E-state index >= 15 is 0 Å². The van der Waals surface area contributed by atoms with Gasteiger partial charge in [0.1, 0.15) is 5.60 Å². The van der Waals surface area contributed by atoms with Crippen LogP contribution in [0.2, 0.25) is 0 Å². The fraction of sp³-hybridized carbons (Fsp3) is 0.818. The van der Waals surface area contributed by atoms with Crippen LogP contribution in [-0.2, 0) is 9.53 Å². The van der Waals surface area contributed by atoms with Crippen molar-refractivity contribution in [2.45, 2.75) is 45.3 Å². The lowest BCUT2D eigenvalue weighted by atomic mass is 10.2. The van der Waals surface area contributed by atoms with E-state index in [9.17, 15) is 18.4 Å². The Labute approximate surface area is 104 Å². The van der Waals surface area contributed by atoms with Gasteiger partial charge in [-0.2, -0.15) is 8.78 Å². The molecular weight excluding hydrogens is 246 g/mol. The molecule has 2 amide bonds. The summed E-state index contributed by atoms with van der Waals surface area (Å²) in [4.78, 5) is 23.5. The van der Waals surface area contributed by atoms with Gasteiger partial charge in [-0.25, -0.2) is 4.79 Å². The van der Waals surface area contributed by atoms with E-state index in [1.54, 1.807) is 20.8 Å². The Hall–Kier alpha value is -1.40. The molecule has 5 nitrogen and oxygen atoms in total. The molecule has 1 fully saturated rings. The number of halogens is 2. The molecule has 1 aliphatic heterocycles. The monoisotopic (exact) mass is 264 g/mol. The summed E-state index contributed by atoms with van der Waals surface area (Å²) in [5.74, 6) is -1.19. The van der Waals surface area contributed by atoms with E-state index in [4.69, 9.17) is 4.74 Å². The third-order valence-electron chi connectivity index (χ3n) is 2.41. The molecule has 1 aliphatic rings. The molecule has 0 aromatic carbocycles. The molecule has 7 heteroatoms. The van der Waals surface area contributed by atoms with E-state index < -0.39 is 24.0 Å². The van der Waals surface area contributed by atoms with Crippen molar-refractivity contribution in [1.82, 2.24) is 10.2 Å². The molecule has 1 saturated heterocycles. The summed E-state index contributed by atoms with van der Waals surface area (Å²) in [6.45, 7) is 5.52. The van der Waals surface area contributed by atoms with Crippen LogP contribution in [0.3, 0.4) is 0 Å². The summed E-state index contributed by atoms with van der Waals surface area (Å²) < 4.78 is 29.4. The van der Waals surface area contributed by atoms with Crippen LogP contribution in [0.15, 0.2) is 0 Å². The summed E-state index contributed by atoms with van der Waals surface area (Å²) in [7, 11) is 0. The first-order valence-corrected chi connectivity index (χ1v) is 5.75. The molecule has 0 bridgehead atoms. The Bertz CT molecular complexity index is 329. The highest BCUT2D eigenvalue weighted by Gasteiger charge is 2.32. The molecular formula is C11H18F2N2O3. The van der Waals surface area contributed by atoms with Gasteiger partial charge < -0.3 is 15.0 Å². The molecule has 0 radical (unpaired) electrons. The minimum Gasteiger partial charge on any atom is -0.444 e. The van der Waals surface area contributed by atoms with Crippen molar-refractivity contribution in [2.24, 2.45) is 0 Å². The Morgan fingerprint density at radius 1 is 1.39 bits per heavy atom. The summed E-state index contributed by atoms with van der Waals surface area (Å²) in [6, 6.07) is -0.331. The predicted molar refractivity (Wildman–Crippen MR) is 60.4 cm³/mol. The second kappa shape index (κ2) is 5.49. The number of ether oxygens (including phenoxy) is 1. The molecule has 0 aromatic rings. The molecule has 1 heterocycles. The minimum atomic E-state index is -3.00. The molecule has 1 unspecified atom stereocenters.